The summed E-state index contributed by atoms with van der Waals surface area (Å²) in [7, 11) is 1.92. The molecule has 1 fully saturated rings. The van der Waals surface area contributed by atoms with Crippen LogP contribution in [0.2, 0.25) is 5.15 Å². The van der Waals surface area contributed by atoms with Gasteiger partial charge in [-0.05, 0) is 31.4 Å². The third-order valence-corrected chi connectivity index (χ3v) is 4.30. The molecule has 2 aromatic rings. The molecule has 0 aliphatic heterocycles. The van der Waals surface area contributed by atoms with E-state index in [-0.39, 0.29) is 11.5 Å². The first-order chi connectivity index (χ1) is 8.06. The maximum absolute atomic E-state index is 6.25. The Labute approximate surface area is 106 Å². The van der Waals surface area contributed by atoms with Crippen molar-refractivity contribution in [1.82, 2.24) is 9.78 Å². The van der Waals surface area contributed by atoms with Crippen molar-refractivity contribution in [2.24, 2.45) is 12.8 Å². The lowest BCUT2D eigenvalue weighted by Gasteiger charge is -2.21. The molecule has 0 spiro atoms. The summed E-state index contributed by atoms with van der Waals surface area (Å²) in [6.07, 6.45) is 2.30. The van der Waals surface area contributed by atoms with Gasteiger partial charge in [0.15, 0.2) is 5.15 Å². The second kappa shape index (κ2) is 3.47. The van der Waals surface area contributed by atoms with Crippen molar-refractivity contribution in [3.63, 3.8) is 0 Å². The minimum atomic E-state index is 0.117. The molecular formula is C13H16ClN3. The zero-order valence-electron chi connectivity index (χ0n) is 10.1. The van der Waals surface area contributed by atoms with Gasteiger partial charge in [0.25, 0.3) is 0 Å². The molecule has 3 nitrogen and oxygen atoms in total. The Morgan fingerprint density at radius 1 is 1.47 bits per heavy atom. The highest BCUT2D eigenvalue weighted by atomic mass is 35.5. The molecule has 2 N–H and O–H groups in total. The monoisotopic (exact) mass is 249 g/mol. The van der Waals surface area contributed by atoms with E-state index >= 15 is 0 Å². The van der Waals surface area contributed by atoms with E-state index in [4.69, 9.17) is 17.3 Å². The van der Waals surface area contributed by atoms with E-state index < -0.39 is 0 Å². The number of nitrogens with two attached hydrogens (primary N) is 1. The fraction of sp³-hybridized carbons (Fsp3) is 0.462. The van der Waals surface area contributed by atoms with Crippen molar-refractivity contribution in [3.05, 3.63) is 28.9 Å². The Bertz CT molecular complexity index is 582. The first kappa shape index (κ1) is 11.1. The van der Waals surface area contributed by atoms with Gasteiger partial charge in [-0.3, -0.25) is 4.68 Å². The molecule has 1 aromatic carbocycles. The predicted molar refractivity (Wildman–Crippen MR) is 70.3 cm³/mol. The van der Waals surface area contributed by atoms with Gasteiger partial charge in [0.1, 0.15) is 0 Å². The van der Waals surface area contributed by atoms with Gasteiger partial charge < -0.3 is 5.73 Å². The van der Waals surface area contributed by atoms with Crippen LogP contribution in [0.4, 0.5) is 0 Å². The van der Waals surface area contributed by atoms with E-state index in [2.05, 4.69) is 30.2 Å². The summed E-state index contributed by atoms with van der Waals surface area (Å²) >= 11 is 6.25. The minimum Gasteiger partial charge on any atom is -0.327 e. The molecule has 1 heterocycles. The minimum absolute atomic E-state index is 0.117. The highest BCUT2D eigenvalue weighted by Gasteiger charge is 2.48. The Kier molecular flexibility index (Phi) is 2.25. The summed E-state index contributed by atoms with van der Waals surface area (Å²) in [6, 6.07) is 6.42. The number of benzene rings is 1. The fourth-order valence-corrected chi connectivity index (χ4v) is 3.09. The molecule has 3 rings (SSSR count). The van der Waals surface area contributed by atoms with Crippen LogP contribution in [-0.4, -0.2) is 15.8 Å². The lowest BCUT2D eigenvalue weighted by Crippen LogP contribution is -2.31. The quantitative estimate of drug-likeness (QED) is 0.889. The number of nitrogens with zero attached hydrogens (tertiary/aromatic N) is 2. The van der Waals surface area contributed by atoms with Gasteiger partial charge in [0.2, 0.25) is 0 Å². The first-order valence-corrected chi connectivity index (χ1v) is 6.31. The molecule has 1 aliphatic rings. The number of hydrogen-bond donors (Lipinski definition) is 1. The topological polar surface area (TPSA) is 43.8 Å². The molecule has 1 unspecified atom stereocenters. The summed E-state index contributed by atoms with van der Waals surface area (Å²) in [6.45, 7) is 2.08. The van der Waals surface area contributed by atoms with Crippen LogP contribution in [0.5, 0.6) is 0 Å². The number of aromatic nitrogens is 2. The fourth-order valence-electron chi connectivity index (χ4n) is 2.78. The molecule has 1 aromatic heterocycles. The molecule has 1 saturated carbocycles. The average Bonchev–Trinajstić information content (AvgIpc) is 3.04. The van der Waals surface area contributed by atoms with Gasteiger partial charge in [-0.25, -0.2) is 0 Å². The summed E-state index contributed by atoms with van der Waals surface area (Å²) in [5, 5.41) is 5.96. The van der Waals surface area contributed by atoms with Crippen molar-refractivity contribution in [2.75, 3.05) is 0 Å². The number of fused-ring (bicyclic) bond motifs is 1. The molecule has 0 radical (unpaired) electrons. The zero-order valence-corrected chi connectivity index (χ0v) is 10.8. The molecule has 0 saturated heterocycles. The van der Waals surface area contributed by atoms with Crippen LogP contribution >= 0.6 is 11.6 Å². The highest BCUT2D eigenvalue weighted by molar-refractivity contribution is 6.34. The molecule has 1 aliphatic carbocycles. The second-order valence-electron chi connectivity index (χ2n) is 5.06. The van der Waals surface area contributed by atoms with Crippen molar-refractivity contribution in [1.29, 1.82) is 0 Å². The standard InChI is InChI=1S/C13H16ClN3/c1-8(15)13(6-7-13)9-4-3-5-10-11(9)12(14)16-17(10)2/h3-5,8H,6-7,15H2,1-2H3. The second-order valence-corrected chi connectivity index (χ2v) is 5.42. The molecule has 1 atom stereocenters. The van der Waals surface area contributed by atoms with Crippen LogP contribution < -0.4 is 5.73 Å². The normalized spacial score (nSPS) is 19.5. The van der Waals surface area contributed by atoms with E-state index in [1.807, 2.05) is 11.7 Å². The van der Waals surface area contributed by atoms with Gasteiger partial charge in [-0.2, -0.15) is 5.10 Å². The van der Waals surface area contributed by atoms with Gasteiger partial charge in [0, 0.05) is 23.9 Å². The van der Waals surface area contributed by atoms with Gasteiger partial charge in [0.05, 0.1) is 5.52 Å². The molecule has 0 bridgehead atoms. The van der Waals surface area contributed by atoms with Crippen molar-refractivity contribution < 1.29 is 0 Å². The van der Waals surface area contributed by atoms with Gasteiger partial charge in [-0.15, -0.1) is 0 Å². The van der Waals surface area contributed by atoms with Crippen molar-refractivity contribution in [3.8, 4) is 0 Å². The zero-order chi connectivity index (χ0) is 12.2. The van der Waals surface area contributed by atoms with Gasteiger partial charge in [-0.1, -0.05) is 23.7 Å². The number of hydrogen-bond acceptors (Lipinski definition) is 2. The molecule has 90 valence electrons. The van der Waals surface area contributed by atoms with E-state index in [9.17, 15) is 0 Å². The van der Waals surface area contributed by atoms with Crippen LogP contribution in [-0.2, 0) is 12.5 Å². The molecule has 17 heavy (non-hydrogen) atoms. The van der Waals surface area contributed by atoms with E-state index in [1.165, 1.54) is 5.56 Å². The van der Waals surface area contributed by atoms with E-state index in [1.54, 1.807) is 0 Å². The predicted octanol–water partition coefficient (Wildman–Crippen LogP) is 2.61. The summed E-state index contributed by atoms with van der Waals surface area (Å²) in [5.41, 5.74) is 8.61. The lowest BCUT2D eigenvalue weighted by molar-refractivity contribution is 0.560. The maximum Gasteiger partial charge on any atom is 0.159 e. The van der Waals surface area contributed by atoms with Crippen molar-refractivity contribution >= 4 is 22.5 Å². The Hall–Kier alpha value is -1.06. The number of aryl methyl sites for hydroxylation is 1. The van der Waals surface area contributed by atoms with Crippen LogP contribution in [0, 0.1) is 0 Å². The number of rotatable bonds is 2. The Morgan fingerprint density at radius 3 is 2.76 bits per heavy atom. The Morgan fingerprint density at radius 2 is 2.18 bits per heavy atom. The third-order valence-electron chi connectivity index (χ3n) is 4.03. The highest BCUT2D eigenvalue weighted by Crippen LogP contribution is 2.52. The van der Waals surface area contributed by atoms with Crippen LogP contribution in [0.15, 0.2) is 18.2 Å². The van der Waals surface area contributed by atoms with Crippen LogP contribution in [0.25, 0.3) is 10.9 Å². The summed E-state index contributed by atoms with van der Waals surface area (Å²) in [4.78, 5) is 0. The van der Waals surface area contributed by atoms with Crippen LogP contribution in [0.1, 0.15) is 25.3 Å². The SMILES string of the molecule is CC(N)C1(c2cccc3c2c(Cl)nn3C)CC1. The summed E-state index contributed by atoms with van der Waals surface area (Å²) < 4.78 is 1.83. The van der Waals surface area contributed by atoms with Crippen molar-refractivity contribution in [2.45, 2.75) is 31.2 Å². The van der Waals surface area contributed by atoms with Gasteiger partial charge >= 0.3 is 0 Å². The largest absolute Gasteiger partial charge is 0.327 e. The molecule has 0 amide bonds. The first-order valence-electron chi connectivity index (χ1n) is 5.93. The maximum atomic E-state index is 6.25. The van der Waals surface area contributed by atoms with E-state index in [0.717, 1.165) is 23.7 Å². The van der Waals surface area contributed by atoms with Crippen LogP contribution in [0.3, 0.4) is 0 Å². The summed E-state index contributed by atoms with van der Waals surface area (Å²) in [5.74, 6) is 0. The Balaban J connectivity index is 2.31. The van der Waals surface area contributed by atoms with E-state index in [0.29, 0.717) is 5.15 Å². The molecular weight excluding hydrogens is 234 g/mol. The lowest BCUT2D eigenvalue weighted by atomic mass is 9.87. The third kappa shape index (κ3) is 1.42. The molecule has 4 heteroatoms. The average molecular weight is 250 g/mol. The number of halogens is 1. The smallest absolute Gasteiger partial charge is 0.159 e.